The van der Waals surface area contributed by atoms with Crippen molar-refractivity contribution in [3.63, 3.8) is 0 Å². The van der Waals surface area contributed by atoms with Crippen LogP contribution < -0.4 is 14.8 Å². The van der Waals surface area contributed by atoms with Crippen molar-refractivity contribution in [2.24, 2.45) is 0 Å². The minimum Gasteiger partial charge on any atom is -0.484 e. The largest absolute Gasteiger partial charge is 0.484 e. The Hall–Kier alpha value is -1.78. The van der Waals surface area contributed by atoms with Gasteiger partial charge in [-0.3, -0.25) is 5.32 Å². The van der Waals surface area contributed by atoms with E-state index >= 15 is 0 Å². The van der Waals surface area contributed by atoms with Gasteiger partial charge in [0, 0.05) is 22.2 Å². The maximum Gasteiger partial charge on any atom is 0.184 e. The first-order valence-corrected chi connectivity index (χ1v) is 6.62. The summed E-state index contributed by atoms with van der Waals surface area (Å²) in [5, 5.41) is 3.46. The topological polar surface area (TPSA) is 30.5 Å². The number of fused-ring (bicyclic) bond motifs is 1. The molecule has 3 rings (SSSR count). The molecule has 0 saturated carbocycles. The maximum atomic E-state index is 14.0. The summed E-state index contributed by atoms with van der Waals surface area (Å²) in [6, 6.07) is 9.86. The average molecular weight is 294 g/mol. The summed E-state index contributed by atoms with van der Waals surface area (Å²) >= 11 is 6.08. The number of benzene rings is 2. The molecule has 0 saturated heterocycles. The van der Waals surface area contributed by atoms with Gasteiger partial charge in [-0.1, -0.05) is 29.8 Å². The Morgan fingerprint density at radius 1 is 1.25 bits per heavy atom. The molecular formula is C15H13ClFNO2. The van der Waals surface area contributed by atoms with Gasteiger partial charge in [-0.2, -0.15) is 0 Å². The van der Waals surface area contributed by atoms with E-state index in [0.29, 0.717) is 34.3 Å². The van der Waals surface area contributed by atoms with E-state index in [1.165, 1.54) is 6.07 Å². The van der Waals surface area contributed by atoms with Crippen LogP contribution in [0.15, 0.2) is 36.4 Å². The average Bonchev–Trinajstić information content (AvgIpc) is 2.46. The molecule has 0 aliphatic carbocycles. The fourth-order valence-corrected chi connectivity index (χ4v) is 2.37. The van der Waals surface area contributed by atoms with Gasteiger partial charge >= 0.3 is 0 Å². The lowest BCUT2D eigenvalue weighted by Crippen LogP contribution is -2.39. The predicted molar refractivity (Wildman–Crippen MR) is 75.8 cm³/mol. The van der Waals surface area contributed by atoms with Crippen LogP contribution in [-0.2, 0) is 0 Å². The van der Waals surface area contributed by atoms with Gasteiger partial charge in [-0.15, -0.1) is 0 Å². The fourth-order valence-electron chi connectivity index (χ4n) is 2.16. The summed E-state index contributed by atoms with van der Waals surface area (Å²) in [5.41, 5.74) is 1.03. The van der Waals surface area contributed by atoms with Gasteiger partial charge < -0.3 is 9.47 Å². The third kappa shape index (κ3) is 2.32. The Bertz CT molecular complexity index is 648. The lowest BCUT2D eigenvalue weighted by molar-refractivity contribution is 0.0733. The molecule has 1 atom stereocenters. The second-order valence-electron chi connectivity index (χ2n) is 4.47. The molecule has 0 bridgehead atoms. The van der Waals surface area contributed by atoms with Crippen molar-refractivity contribution in [1.82, 2.24) is 5.32 Å². The summed E-state index contributed by atoms with van der Waals surface area (Å²) in [4.78, 5) is 0. The van der Waals surface area contributed by atoms with Crippen molar-refractivity contribution >= 4 is 11.6 Å². The molecule has 5 heteroatoms. The van der Waals surface area contributed by atoms with Crippen molar-refractivity contribution in [2.75, 3.05) is 13.7 Å². The molecule has 0 aromatic heterocycles. The minimum atomic E-state index is -0.327. The van der Waals surface area contributed by atoms with Gasteiger partial charge in [0.05, 0.1) is 0 Å². The van der Waals surface area contributed by atoms with Gasteiger partial charge in [-0.05, 0) is 19.2 Å². The summed E-state index contributed by atoms with van der Waals surface area (Å²) < 4.78 is 25.4. The van der Waals surface area contributed by atoms with Crippen molar-refractivity contribution in [3.8, 4) is 22.6 Å². The molecule has 2 aromatic rings. The number of rotatable bonds is 2. The molecule has 0 spiro atoms. The van der Waals surface area contributed by atoms with Gasteiger partial charge in [0.1, 0.15) is 12.4 Å². The van der Waals surface area contributed by atoms with E-state index in [1.807, 2.05) is 0 Å². The molecule has 1 N–H and O–H groups in total. The highest BCUT2D eigenvalue weighted by Gasteiger charge is 2.24. The Morgan fingerprint density at radius 3 is 2.80 bits per heavy atom. The maximum absolute atomic E-state index is 14.0. The highest BCUT2D eigenvalue weighted by Crippen LogP contribution is 2.43. The Kier molecular flexibility index (Phi) is 3.51. The van der Waals surface area contributed by atoms with Crippen LogP contribution in [0.25, 0.3) is 11.1 Å². The Balaban J connectivity index is 2.16. The van der Waals surface area contributed by atoms with Crippen molar-refractivity contribution in [2.45, 2.75) is 6.23 Å². The first-order valence-electron chi connectivity index (χ1n) is 6.24. The fraction of sp³-hybridized carbons (Fsp3) is 0.200. The molecule has 0 radical (unpaired) electrons. The van der Waals surface area contributed by atoms with Crippen LogP contribution in [0.5, 0.6) is 11.5 Å². The molecule has 104 valence electrons. The summed E-state index contributed by atoms with van der Waals surface area (Å²) in [7, 11) is 1.78. The molecule has 0 unspecified atom stereocenters. The van der Waals surface area contributed by atoms with Crippen LogP contribution in [0.2, 0.25) is 5.02 Å². The number of nitrogens with one attached hydrogen (secondary N) is 1. The van der Waals surface area contributed by atoms with Crippen molar-refractivity contribution < 1.29 is 13.9 Å². The number of hydrogen-bond donors (Lipinski definition) is 1. The van der Waals surface area contributed by atoms with Gasteiger partial charge in [0.2, 0.25) is 0 Å². The molecule has 0 fully saturated rings. The van der Waals surface area contributed by atoms with E-state index in [0.717, 1.165) is 0 Å². The summed E-state index contributed by atoms with van der Waals surface area (Å²) in [6.07, 6.45) is -0.269. The SMILES string of the molecule is CN[C@@H]1COc2cc(Cl)cc(-c3ccccc3F)c2O1. The second-order valence-corrected chi connectivity index (χ2v) is 4.90. The number of halogens is 2. The van der Waals surface area contributed by atoms with E-state index in [-0.39, 0.29) is 12.0 Å². The molecule has 2 aromatic carbocycles. The first kappa shape index (κ1) is 13.2. The molecular weight excluding hydrogens is 281 g/mol. The van der Waals surface area contributed by atoms with Crippen LogP contribution >= 0.6 is 11.6 Å². The zero-order valence-corrected chi connectivity index (χ0v) is 11.6. The standard InChI is InChI=1S/C15H13ClFNO2/c1-18-14-8-19-13-7-9(16)6-11(15(13)20-14)10-4-2-3-5-12(10)17/h2-7,14,18H,8H2,1H3/t14-/m0/s1. The molecule has 1 aliphatic rings. The van der Waals surface area contributed by atoms with E-state index in [2.05, 4.69) is 5.32 Å². The van der Waals surface area contributed by atoms with Crippen LogP contribution in [0, 0.1) is 5.82 Å². The molecule has 1 aliphatic heterocycles. The van der Waals surface area contributed by atoms with E-state index in [9.17, 15) is 4.39 Å². The highest BCUT2D eigenvalue weighted by molar-refractivity contribution is 6.31. The third-order valence-electron chi connectivity index (χ3n) is 3.16. The Labute approximate surface area is 121 Å². The van der Waals surface area contributed by atoms with E-state index in [1.54, 1.807) is 37.4 Å². The van der Waals surface area contributed by atoms with Crippen molar-refractivity contribution in [1.29, 1.82) is 0 Å². The normalized spacial score (nSPS) is 17.1. The summed E-state index contributed by atoms with van der Waals surface area (Å²) in [5.74, 6) is 0.708. The molecule has 3 nitrogen and oxygen atoms in total. The van der Waals surface area contributed by atoms with Crippen LogP contribution in [-0.4, -0.2) is 19.9 Å². The van der Waals surface area contributed by atoms with Crippen LogP contribution in [0.1, 0.15) is 0 Å². The molecule has 1 heterocycles. The third-order valence-corrected chi connectivity index (χ3v) is 3.37. The summed E-state index contributed by atoms with van der Waals surface area (Å²) in [6.45, 7) is 0.376. The number of ether oxygens (including phenoxy) is 2. The number of hydrogen-bond acceptors (Lipinski definition) is 3. The zero-order chi connectivity index (χ0) is 14.1. The Morgan fingerprint density at radius 2 is 2.05 bits per heavy atom. The van der Waals surface area contributed by atoms with Crippen molar-refractivity contribution in [3.05, 3.63) is 47.2 Å². The second kappa shape index (κ2) is 5.31. The highest BCUT2D eigenvalue weighted by atomic mass is 35.5. The zero-order valence-electron chi connectivity index (χ0n) is 10.8. The first-order chi connectivity index (χ1) is 9.69. The van der Waals surface area contributed by atoms with Gasteiger partial charge in [-0.25, -0.2) is 4.39 Å². The van der Waals surface area contributed by atoms with Gasteiger partial charge in [0.15, 0.2) is 17.7 Å². The lowest BCUT2D eigenvalue weighted by atomic mass is 10.0. The quantitative estimate of drug-likeness (QED) is 0.920. The predicted octanol–water partition coefficient (Wildman–Crippen LogP) is 3.46. The van der Waals surface area contributed by atoms with Crippen LogP contribution in [0.4, 0.5) is 4.39 Å². The molecule has 0 amide bonds. The monoisotopic (exact) mass is 293 g/mol. The number of likely N-dealkylation sites (N-methyl/N-ethyl adjacent to an activating group) is 1. The molecule has 20 heavy (non-hydrogen) atoms. The van der Waals surface area contributed by atoms with E-state index < -0.39 is 0 Å². The minimum absolute atomic E-state index is 0.269. The van der Waals surface area contributed by atoms with Crippen LogP contribution in [0.3, 0.4) is 0 Å². The smallest absolute Gasteiger partial charge is 0.184 e. The van der Waals surface area contributed by atoms with Gasteiger partial charge in [0.25, 0.3) is 0 Å². The lowest BCUT2D eigenvalue weighted by Gasteiger charge is -2.28. The van der Waals surface area contributed by atoms with E-state index in [4.69, 9.17) is 21.1 Å².